The van der Waals surface area contributed by atoms with Crippen LogP contribution in [0.15, 0.2) is 23.0 Å². The van der Waals surface area contributed by atoms with Crippen molar-refractivity contribution in [1.82, 2.24) is 4.98 Å². The largest absolute Gasteiger partial charge is 0.494 e. The number of ether oxygens (including phenoxy) is 1. The van der Waals surface area contributed by atoms with Crippen LogP contribution in [0.2, 0.25) is 0 Å². The molecule has 0 aliphatic rings. The van der Waals surface area contributed by atoms with Crippen molar-refractivity contribution in [3.63, 3.8) is 0 Å². The fourth-order valence-corrected chi connectivity index (χ4v) is 2.67. The molecule has 0 aliphatic heterocycles. The van der Waals surface area contributed by atoms with Gasteiger partial charge in [-0.15, -0.1) is 11.3 Å². The third kappa shape index (κ3) is 4.16. The molecule has 0 aliphatic carbocycles. The number of carbonyl (C=O) groups is 1. The van der Waals surface area contributed by atoms with Crippen molar-refractivity contribution >= 4 is 29.3 Å². The first kappa shape index (κ1) is 17.1. The average molecular weight is 335 g/mol. The Balaban J connectivity index is 2.46. The molecule has 1 N–H and O–H groups in total. The Bertz CT molecular complexity index is 903. The summed E-state index contributed by atoms with van der Waals surface area (Å²) in [5.41, 5.74) is -0.271. The monoisotopic (exact) mass is 335 g/mol. The van der Waals surface area contributed by atoms with Gasteiger partial charge < -0.3 is 9.72 Å². The van der Waals surface area contributed by atoms with E-state index in [1.165, 1.54) is 25.3 Å². The minimum Gasteiger partial charge on any atom is -0.494 e. The number of halogens is 1. The van der Waals surface area contributed by atoms with Gasteiger partial charge in [0.05, 0.1) is 16.3 Å². The zero-order valence-corrected chi connectivity index (χ0v) is 14.2. The van der Waals surface area contributed by atoms with Crippen LogP contribution in [0.25, 0.3) is 12.2 Å². The number of carbonyl (C=O) groups excluding carboxylic acids is 1. The van der Waals surface area contributed by atoms with Gasteiger partial charge >= 0.3 is 0 Å². The number of Topliss-reactive ketones (excluding diaryl/α,β-unsaturated/α-hetero) is 1. The minimum absolute atomic E-state index is 0.0722. The third-order valence-corrected chi connectivity index (χ3v) is 4.12. The smallest absolute Gasteiger partial charge is 0.266 e. The fourth-order valence-electron chi connectivity index (χ4n) is 1.78. The van der Waals surface area contributed by atoms with Gasteiger partial charge in [0.2, 0.25) is 0 Å². The van der Waals surface area contributed by atoms with Gasteiger partial charge in [-0.3, -0.25) is 9.59 Å². The van der Waals surface area contributed by atoms with Gasteiger partial charge in [0.25, 0.3) is 5.56 Å². The molecule has 0 saturated carbocycles. The molecule has 122 valence electrons. The Morgan fingerprint density at radius 3 is 2.61 bits per heavy atom. The van der Waals surface area contributed by atoms with Crippen molar-refractivity contribution in [3.8, 4) is 5.75 Å². The van der Waals surface area contributed by atoms with Crippen LogP contribution in [0.4, 0.5) is 4.39 Å². The quantitative estimate of drug-likeness (QED) is 0.931. The summed E-state index contributed by atoms with van der Waals surface area (Å²) in [6, 6.07) is 4.45. The molecule has 1 heterocycles. The summed E-state index contributed by atoms with van der Waals surface area (Å²) < 4.78 is 19.4. The Hall–Kier alpha value is -2.21. The van der Waals surface area contributed by atoms with Crippen LogP contribution >= 0.6 is 11.3 Å². The normalized spacial score (nSPS) is 13.4. The van der Waals surface area contributed by atoms with Crippen molar-refractivity contribution in [3.05, 3.63) is 49.1 Å². The molecule has 0 bridgehead atoms. The highest BCUT2D eigenvalue weighted by Crippen LogP contribution is 2.18. The van der Waals surface area contributed by atoms with E-state index in [9.17, 15) is 14.0 Å². The van der Waals surface area contributed by atoms with Crippen molar-refractivity contribution in [2.24, 2.45) is 5.41 Å². The zero-order chi connectivity index (χ0) is 17.2. The maximum absolute atomic E-state index is 13.7. The Kier molecular flexibility index (Phi) is 4.85. The summed E-state index contributed by atoms with van der Waals surface area (Å²) >= 11 is 1.16. The van der Waals surface area contributed by atoms with E-state index in [0.29, 0.717) is 14.8 Å². The standard InChI is InChI=1S/C17H18FNO3S/c1-17(2,3)14(20)9-15-19-16(21)13(23-15)8-10-5-6-12(22-4)11(18)7-10/h5-9H,1-4H3,(H,19,21). The number of hydrogen-bond acceptors (Lipinski definition) is 4. The number of rotatable bonds is 3. The van der Waals surface area contributed by atoms with Crippen LogP contribution in [0, 0.1) is 11.2 Å². The van der Waals surface area contributed by atoms with Gasteiger partial charge in [-0.2, -0.15) is 0 Å². The SMILES string of the molecule is COc1ccc(C=c2sc(=CC(=O)C(C)(C)C)[nH]c2=O)cc1F. The van der Waals surface area contributed by atoms with Gasteiger partial charge in [-0.05, 0) is 23.8 Å². The molecule has 0 saturated heterocycles. The summed E-state index contributed by atoms with van der Waals surface area (Å²) in [5, 5.41) is 0. The van der Waals surface area contributed by atoms with Crippen LogP contribution in [0.3, 0.4) is 0 Å². The molecular weight excluding hydrogens is 317 g/mol. The van der Waals surface area contributed by atoms with Gasteiger partial charge in [-0.1, -0.05) is 26.8 Å². The van der Waals surface area contributed by atoms with Gasteiger partial charge in [0, 0.05) is 11.5 Å². The fraction of sp³-hybridized carbons (Fsp3) is 0.294. The number of nitrogens with one attached hydrogen (secondary N) is 1. The first-order chi connectivity index (χ1) is 10.7. The molecule has 0 atom stereocenters. The van der Waals surface area contributed by atoms with Gasteiger partial charge in [-0.25, -0.2) is 4.39 Å². The van der Waals surface area contributed by atoms with E-state index in [2.05, 4.69) is 4.98 Å². The highest BCUT2D eigenvalue weighted by molar-refractivity contribution is 7.07. The molecule has 2 rings (SSSR count). The van der Waals surface area contributed by atoms with Crippen LogP contribution in [-0.2, 0) is 4.79 Å². The van der Waals surface area contributed by atoms with E-state index in [0.717, 1.165) is 11.3 Å². The Morgan fingerprint density at radius 2 is 2.04 bits per heavy atom. The molecule has 4 nitrogen and oxygen atoms in total. The van der Waals surface area contributed by atoms with E-state index >= 15 is 0 Å². The molecule has 0 unspecified atom stereocenters. The van der Waals surface area contributed by atoms with Crippen LogP contribution in [0.5, 0.6) is 5.75 Å². The molecule has 1 aromatic carbocycles. The number of aromatic nitrogens is 1. The number of thiazole rings is 1. The topological polar surface area (TPSA) is 59.2 Å². The first-order valence-electron chi connectivity index (χ1n) is 7.01. The lowest BCUT2D eigenvalue weighted by Crippen LogP contribution is -2.22. The molecule has 0 spiro atoms. The second kappa shape index (κ2) is 6.50. The highest BCUT2D eigenvalue weighted by atomic mass is 32.1. The lowest BCUT2D eigenvalue weighted by molar-refractivity contribution is -0.119. The summed E-state index contributed by atoms with van der Waals surface area (Å²) in [7, 11) is 1.39. The predicted octanol–water partition coefficient (Wildman–Crippen LogP) is 1.81. The highest BCUT2D eigenvalue weighted by Gasteiger charge is 2.18. The van der Waals surface area contributed by atoms with Crippen LogP contribution in [0.1, 0.15) is 26.3 Å². The van der Waals surface area contributed by atoms with Gasteiger partial charge in [0.1, 0.15) is 0 Å². The summed E-state index contributed by atoms with van der Waals surface area (Å²) in [6.07, 6.45) is 3.00. The second-order valence-electron chi connectivity index (χ2n) is 6.08. The molecule has 2 aromatic rings. The van der Waals surface area contributed by atoms with Crippen molar-refractivity contribution < 1.29 is 13.9 Å². The third-order valence-electron chi connectivity index (χ3n) is 3.16. The Labute approximate surface area is 136 Å². The number of aromatic amines is 1. The zero-order valence-electron chi connectivity index (χ0n) is 13.4. The van der Waals surface area contributed by atoms with E-state index in [-0.39, 0.29) is 17.1 Å². The number of H-pyrrole nitrogens is 1. The average Bonchev–Trinajstić information content (AvgIpc) is 2.78. The van der Waals surface area contributed by atoms with E-state index < -0.39 is 11.2 Å². The number of benzene rings is 1. The molecular formula is C17H18FNO3S. The summed E-state index contributed by atoms with van der Waals surface area (Å²) in [5.74, 6) is -0.423. The second-order valence-corrected chi connectivity index (χ2v) is 7.17. The van der Waals surface area contributed by atoms with E-state index in [4.69, 9.17) is 4.74 Å². The molecule has 1 aromatic heterocycles. The molecule has 23 heavy (non-hydrogen) atoms. The molecule has 0 fully saturated rings. The molecule has 6 heteroatoms. The van der Waals surface area contributed by atoms with Gasteiger partial charge in [0.15, 0.2) is 17.3 Å². The van der Waals surface area contributed by atoms with Crippen molar-refractivity contribution in [2.75, 3.05) is 7.11 Å². The van der Waals surface area contributed by atoms with E-state index in [1.807, 2.05) is 20.8 Å². The summed E-state index contributed by atoms with van der Waals surface area (Å²) in [6.45, 7) is 5.43. The molecule has 0 amide bonds. The Morgan fingerprint density at radius 1 is 1.35 bits per heavy atom. The summed E-state index contributed by atoms with van der Waals surface area (Å²) in [4.78, 5) is 26.6. The van der Waals surface area contributed by atoms with Crippen molar-refractivity contribution in [1.29, 1.82) is 0 Å². The van der Waals surface area contributed by atoms with Crippen LogP contribution in [-0.4, -0.2) is 17.9 Å². The maximum atomic E-state index is 13.7. The minimum atomic E-state index is -0.510. The molecule has 0 radical (unpaired) electrons. The lowest BCUT2D eigenvalue weighted by Gasteiger charge is -2.12. The number of ketones is 1. The predicted molar refractivity (Wildman–Crippen MR) is 89.6 cm³/mol. The van der Waals surface area contributed by atoms with Crippen molar-refractivity contribution in [2.45, 2.75) is 20.8 Å². The number of methoxy groups -OCH3 is 1. The van der Waals surface area contributed by atoms with E-state index in [1.54, 1.807) is 12.1 Å². The maximum Gasteiger partial charge on any atom is 0.266 e. The first-order valence-corrected chi connectivity index (χ1v) is 7.83. The number of hydrogen-bond donors (Lipinski definition) is 1. The van der Waals surface area contributed by atoms with Crippen LogP contribution < -0.4 is 19.5 Å². The lowest BCUT2D eigenvalue weighted by atomic mass is 9.91.